The van der Waals surface area contributed by atoms with E-state index in [9.17, 15) is 9.59 Å². The van der Waals surface area contributed by atoms with E-state index in [-0.39, 0.29) is 18.4 Å². The number of carbonyl (C=O) groups excluding carboxylic acids is 2. The molecule has 6 heteroatoms. The number of aromatic nitrogens is 2. The van der Waals surface area contributed by atoms with Crippen molar-refractivity contribution < 1.29 is 14.3 Å². The number of fused-ring (bicyclic) bond motifs is 3. The number of carbonyl (C=O) groups is 2. The predicted molar refractivity (Wildman–Crippen MR) is 111 cm³/mol. The van der Waals surface area contributed by atoms with Crippen LogP contribution in [-0.4, -0.2) is 28.0 Å². The number of nitrogens with zero attached hydrogens (tertiary/aromatic N) is 2. The fraction of sp³-hybridized carbons (Fsp3) is 0.174. The molecule has 6 nitrogen and oxygen atoms in total. The molecule has 1 amide bonds. The number of esters is 1. The van der Waals surface area contributed by atoms with Gasteiger partial charge in [0.1, 0.15) is 6.54 Å². The van der Waals surface area contributed by atoms with E-state index in [1.165, 1.54) is 0 Å². The number of hydrogen-bond donors (Lipinski definition) is 1. The Labute approximate surface area is 168 Å². The van der Waals surface area contributed by atoms with Gasteiger partial charge in [0.25, 0.3) is 0 Å². The highest BCUT2D eigenvalue weighted by Crippen LogP contribution is 2.27. The van der Waals surface area contributed by atoms with Gasteiger partial charge in [-0.15, -0.1) is 0 Å². The number of amides is 1. The third-order valence-corrected chi connectivity index (χ3v) is 4.83. The van der Waals surface area contributed by atoms with Crippen molar-refractivity contribution in [2.45, 2.75) is 20.0 Å². The van der Waals surface area contributed by atoms with Crippen LogP contribution in [0.4, 0.5) is 0 Å². The second-order valence-electron chi connectivity index (χ2n) is 6.69. The van der Waals surface area contributed by atoms with Crippen LogP contribution in [0.3, 0.4) is 0 Å². The van der Waals surface area contributed by atoms with E-state index in [0.717, 1.165) is 27.4 Å². The maximum Gasteiger partial charge on any atom is 0.338 e. The molecule has 0 saturated carbocycles. The molecule has 29 heavy (non-hydrogen) atoms. The van der Waals surface area contributed by atoms with Gasteiger partial charge in [-0.3, -0.25) is 9.78 Å². The van der Waals surface area contributed by atoms with E-state index < -0.39 is 0 Å². The van der Waals surface area contributed by atoms with Crippen LogP contribution < -0.4 is 5.32 Å². The largest absolute Gasteiger partial charge is 0.462 e. The average molecular weight is 387 g/mol. The second-order valence-corrected chi connectivity index (χ2v) is 6.69. The Morgan fingerprint density at radius 1 is 1.00 bits per heavy atom. The van der Waals surface area contributed by atoms with Gasteiger partial charge in [-0.1, -0.05) is 30.3 Å². The summed E-state index contributed by atoms with van der Waals surface area (Å²) in [6.07, 6.45) is 3.55. The molecular formula is C23H21N3O3. The fourth-order valence-corrected chi connectivity index (χ4v) is 3.44. The molecule has 0 bridgehead atoms. The lowest BCUT2D eigenvalue weighted by atomic mass is 10.1. The number of ether oxygens (including phenoxy) is 1. The molecule has 146 valence electrons. The number of nitrogens with one attached hydrogen (secondary N) is 1. The van der Waals surface area contributed by atoms with Crippen molar-refractivity contribution >= 4 is 33.7 Å². The summed E-state index contributed by atoms with van der Waals surface area (Å²) in [5.41, 5.74) is 3.35. The van der Waals surface area contributed by atoms with Crippen molar-refractivity contribution in [1.29, 1.82) is 0 Å². The lowest BCUT2D eigenvalue weighted by molar-refractivity contribution is -0.121. The van der Waals surface area contributed by atoms with Gasteiger partial charge in [0.15, 0.2) is 0 Å². The summed E-state index contributed by atoms with van der Waals surface area (Å²) in [7, 11) is 0. The van der Waals surface area contributed by atoms with E-state index in [4.69, 9.17) is 4.74 Å². The molecule has 0 radical (unpaired) electrons. The van der Waals surface area contributed by atoms with Gasteiger partial charge in [0.2, 0.25) is 5.91 Å². The van der Waals surface area contributed by atoms with Crippen LogP contribution >= 0.6 is 0 Å². The summed E-state index contributed by atoms with van der Waals surface area (Å²) >= 11 is 0. The third-order valence-electron chi connectivity index (χ3n) is 4.83. The summed E-state index contributed by atoms with van der Waals surface area (Å²) in [5.74, 6) is -0.436. The molecule has 0 unspecified atom stereocenters. The zero-order chi connectivity index (χ0) is 20.2. The standard InChI is InChI=1S/C23H21N3O3/c1-2-29-23(28)17-9-7-16(8-10-17)13-25-22(27)15-26-20-6-4-3-5-18(20)19-11-12-24-14-21(19)26/h3-12,14H,2,13,15H2,1H3,(H,25,27). The van der Waals surface area contributed by atoms with Crippen molar-refractivity contribution in [3.05, 3.63) is 78.1 Å². The molecule has 4 rings (SSSR count). The normalized spacial score (nSPS) is 10.9. The van der Waals surface area contributed by atoms with Crippen LogP contribution in [0.15, 0.2) is 67.0 Å². The van der Waals surface area contributed by atoms with Gasteiger partial charge in [-0.05, 0) is 36.8 Å². The Hall–Kier alpha value is -3.67. The summed E-state index contributed by atoms with van der Waals surface area (Å²) in [6, 6.07) is 17.0. The highest BCUT2D eigenvalue weighted by molar-refractivity contribution is 6.08. The molecule has 0 aliphatic heterocycles. The van der Waals surface area contributed by atoms with Gasteiger partial charge in [-0.25, -0.2) is 4.79 Å². The molecule has 0 spiro atoms. The first kappa shape index (κ1) is 18.7. The minimum Gasteiger partial charge on any atom is -0.462 e. The number of rotatable bonds is 6. The van der Waals surface area contributed by atoms with Crippen molar-refractivity contribution in [2.24, 2.45) is 0 Å². The zero-order valence-electron chi connectivity index (χ0n) is 16.1. The summed E-state index contributed by atoms with van der Waals surface area (Å²) < 4.78 is 6.96. The number of para-hydroxylation sites is 1. The average Bonchev–Trinajstić information content (AvgIpc) is 3.07. The van der Waals surface area contributed by atoms with Crippen molar-refractivity contribution in [1.82, 2.24) is 14.9 Å². The van der Waals surface area contributed by atoms with E-state index in [1.54, 1.807) is 31.5 Å². The minimum atomic E-state index is -0.344. The second kappa shape index (κ2) is 8.14. The molecule has 0 saturated heterocycles. The summed E-state index contributed by atoms with van der Waals surface area (Å²) in [4.78, 5) is 28.5. The van der Waals surface area contributed by atoms with Gasteiger partial charge in [-0.2, -0.15) is 0 Å². The third kappa shape index (κ3) is 3.82. The van der Waals surface area contributed by atoms with Gasteiger partial charge in [0, 0.05) is 29.0 Å². The highest BCUT2D eigenvalue weighted by atomic mass is 16.5. The Balaban J connectivity index is 1.47. The molecule has 2 heterocycles. The Kier molecular flexibility index (Phi) is 5.24. The number of benzene rings is 2. The number of pyridine rings is 1. The molecule has 0 atom stereocenters. The first-order valence-electron chi connectivity index (χ1n) is 9.51. The molecular weight excluding hydrogens is 366 g/mol. The fourth-order valence-electron chi connectivity index (χ4n) is 3.44. The maximum atomic E-state index is 12.6. The van der Waals surface area contributed by atoms with Gasteiger partial charge >= 0.3 is 5.97 Å². The van der Waals surface area contributed by atoms with E-state index in [2.05, 4.69) is 16.4 Å². The number of hydrogen-bond acceptors (Lipinski definition) is 4. The van der Waals surface area contributed by atoms with Crippen LogP contribution in [0, 0.1) is 0 Å². The first-order valence-corrected chi connectivity index (χ1v) is 9.51. The molecule has 0 aliphatic rings. The first-order chi connectivity index (χ1) is 14.2. The zero-order valence-corrected chi connectivity index (χ0v) is 16.1. The Morgan fingerprint density at radius 3 is 2.55 bits per heavy atom. The summed E-state index contributed by atoms with van der Waals surface area (Å²) in [6.45, 7) is 2.71. The Bertz CT molecular complexity index is 1130. The van der Waals surface area contributed by atoms with Gasteiger partial charge in [0.05, 0.1) is 23.9 Å². The minimum absolute atomic E-state index is 0.0917. The van der Waals surface area contributed by atoms with Crippen LogP contribution in [0.2, 0.25) is 0 Å². The molecule has 0 fully saturated rings. The van der Waals surface area contributed by atoms with Gasteiger partial charge < -0.3 is 14.6 Å². The molecule has 2 aromatic heterocycles. The topological polar surface area (TPSA) is 73.2 Å². The smallest absolute Gasteiger partial charge is 0.338 e. The van der Waals surface area contributed by atoms with Crippen molar-refractivity contribution in [3.8, 4) is 0 Å². The molecule has 2 aromatic carbocycles. The van der Waals surface area contributed by atoms with Crippen LogP contribution in [0.25, 0.3) is 21.8 Å². The van der Waals surface area contributed by atoms with Crippen molar-refractivity contribution in [3.63, 3.8) is 0 Å². The van der Waals surface area contributed by atoms with E-state index in [1.807, 2.05) is 41.0 Å². The molecule has 4 aromatic rings. The quantitative estimate of drug-likeness (QED) is 0.512. The Morgan fingerprint density at radius 2 is 1.76 bits per heavy atom. The molecule has 1 N–H and O–H groups in total. The predicted octanol–water partition coefficient (Wildman–Crippen LogP) is 3.68. The lowest BCUT2D eigenvalue weighted by Gasteiger charge is -2.09. The van der Waals surface area contributed by atoms with Crippen LogP contribution in [-0.2, 0) is 22.6 Å². The SMILES string of the molecule is CCOC(=O)c1ccc(CNC(=O)Cn2c3ccccc3c3ccncc32)cc1. The lowest BCUT2D eigenvalue weighted by Crippen LogP contribution is -2.27. The summed E-state index contributed by atoms with van der Waals surface area (Å²) in [5, 5.41) is 5.13. The van der Waals surface area contributed by atoms with Crippen LogP contribution in [0.1, 0.15) is 22.8 Å². The molecule has 0 aliphatic carbocycles. The maximum absolute atomic E-state index is 12.6. The monoisotopic (exact) mass is 387 g/mol. The van der Waals surface area contributed by atoms with E-state index in [0.29, 0.717) is 18.7 Å². The highest BCUT2D eigenvalue weighted by Gasteiger charge is 2.13. The van der Waals surface area contributed by atoms with E-state index >= 15 is 0 Å². The van der Waals surface area contributed by atoms with Crippen molar-refractivity contribution in [2.75, 3.05) is 6.61 Å². The van der Waals surface area contributed by atoms with Crippen LogP contribution in [0.5, 0.6) is 0 Å².